The molecule has 4 nitrogen and oxygen atoms in total. The highest BCUT2D eigenvalue weighted by atomic mass is 16.5. The van der Waals surface area contributed by atoms with Crippen molar-refractivity contribution in [1.82, 2.24) is 5.32 Å². The first kappa shape index (κ1) is 12.9. The summed E-state index contributed by atoms with van der Waals surface area (Å²) in [4.78, 5) is 11.6. The number of nitrogens with one attached hydrogen (secondary N) is 1. The molecule has 0 aliphatic carbocycles. The van der Waals surface area contributed by atoms with Gasteiger partial charge < -0.3 is 14.8 Å². The zero-order valence-electron chi connectivity index (χ0n) is 10.6. The molecule has 0 radical (unpaired) electrons. The van der Waals surface area contributed by atoms with Gasteiger partial charge in [-0.05, 0) is 25.0 Å². The van der Waals surface area contributed by atoms with Crippen LogP contribution in [-0.2, 0) is 4.74 Å². The third-order valence-corrected chi connectivity index (χ3v) is 3.08. The Labute approximate surface area is 107 Å². The lowest BCUT2D eigenvalue weighted by Gasteiger charge is -2.12. The van der Waals surface area contributed by atoms with Crippen LogP contribution in [0.2, 0.25) is 0 Å². The van der Waals surface area contributed by atoms with E-state index in [0.29, 0.717) is 24.0 Å². The zero-order valence-corrected chi connectivity index (χ0v) is 10.6. The molecule has 1 aromatic rings. The lowest BCUT2D eigenvalue weighted by atomic mass is 10.2. The fourth-order valence-corrected chi connectivity index (χ4v) is 2.09. The number of carbonyl (C=O) groups is 1. The van der Waals surface area contributed by atoms with E-state index in [2.05, 4.69) is 5.32 Å². The third-order valence-electron chi connectivity index (χ3n) is 3.08. The van der Waals surface area contributed by atoms with Crippen molar-refractivity contribution in [2.75, 3.05) is 20.3 Å². The van der Waals surface area contributed by atoms with E-state index < -0.39 is 0 Å². The van der Waals surface area contributed by atoms with Gasteiger partial charge in [0.05, 0.1) is 18.3 Å². The summed E-state index contributed by atoms with van der Waals surface area (Å²) in [5, 5.41) is 2.61. The first-order chi connectivity index (χ1) is 8.81. The number of ether oxygens (including phenoxy) is 2. The van der Waals surface area contributed by atoms with Gasteiger partial charge in [-0.15, -0.1) is 0 Å². The number of amides is 1. The lowest BCUT2D eigenvalue weighted by Crippen LogP contribution is -2.19. The molecule has 1 N–H and O–H groups in total. The molecule has 1 amide bonds. The molecular weight excluding hydrogens is 230 g/mol. The van der Waals surface area contributed by atoms with E-state index in [4.69, 9.17) is 9.47 Å². The second kappa shape index (κ2) is 6.40. The standard InChI is InChI=1S/C14H19NO3/c1-15-14(16)12-6-2-3-7-13(12)18-10-8-11-5-4-9-17-11/h2-3,6-7,11H,4-5,8-10H2,1H3,(H,15,16)/t11-/m1/s1. The fraction of sp³-hybridized carbons (Fsp3) is 0.500. The van der Waals surface area contributed by atoms with Gasteiger partial charge in [-0.2, -0.15) is 0 Å². The molecule has 1 aliphatic rings. The fourth-order valence-electron chi connectivity index (χ4n) is 2.09. The Morgan fingerprint density at radius 2 is 2.33 bits per heavy atom. The Morgan fingerprint density at radius 1 is 1.50 bits per heavy atom. The van der Waals surface area contributed by atoms with Crippen molar-refractivity contribution in [3.05, 3.63) is 29.8 Å². The normalized spacial score (nSPS) is 18.6. The Hall–Kier alpha value is -1.55. The van der Waals surface area contributed by atoms with E-state index in [9.17, 15) is 4.79 Å². The summed E-state index contributed by atoms with van der Waals surface area (Å²) in [5.41, 5.74) is 0.576. The van der Waals surface area contributed by atoms with Gasteiger partial charge in [-0.1, -0.05) is 12.1 Å². The maximum absolute atomic E-state index is 11.6. The van der Waals surface area contributed by atoms with Crippen LogP contribution in [0.5, 0.6) is 5.75 Å². The van der Waals surface area contributed by atoms with Crippen LogP contribution in [0.4, 0.5) is 0 Å². The number of hydrogen-bond acceptors (Lipinski definition) is 3. The molecule has 4 heteroatoms. The van der Waals surface area contributed by atoms with Crippen molar-refractivity contribution >= 4 is 5.91 Å². The Kier molecular flexibility index (Phi) is 4.59. The van der Waals surface area contributed by atoms with Gasteiger partial charge in [0.2, 0.25) is 0 Å². The SMILES string of the molecule is CNC(=O)c1ccccc1OCC[C@H]1CCCO1. The molecule has 1 saturated heterocycles. The first-order valence-corrected chi connectivity index (χ1v) is 6.37. The Bertz CT molecular complexity index is 400. The van der Waals surface area contributed by atoms with Crippen LogP contribution in [0.25, 0.3) is 0 Å². The summed E-state index contributed by atoms with van der Waals surface area (Å²) < 4.78 is 11.2. The van der Waals surface area contributed by atoms with Gasteiger partial charge in [0.25, 0.3) is 5.91 Å². The highest BCUT2D eigenvalue weighted by Gasteiger charge is 2.16. The van der Waals surface area contributed by atoms with Crippen LogP contribution < -0.4 is 10.1 Å². The average molecular weight is 249 g/mol. The van der Waals surface area contributed by atoms with E-state index in [1.807, 2.05) is 18.2 Å². The minimum Gasteiger partial charge on any atom is -0.493 e. The van der Waals surface area contributed by atoms with Crippen LogP contribution in [0.15, 0.2) is 24.3 Å². The van der Waals surface area contributed by atoms with Crippen molar-refractivity contribution in [1.29, 1.82) is 0 Å². The van der Waals surface area contributed by atoms with Crippen molar-refractivity contribution in [2.45, 2.75) is 25.4 Å². The number of carbonyl (C=O) groups excluding carboxylic acids is 1. The maximum atomic E-state index is 11.6. The molecule has 1 atom stereocenters. The molecule has 0 aromatic heterocycles. The molecule has 0 unspecified atom stereocenters. The van der Waals surface area contributed by atoms with E-state index >= 15 is 0 Å². The van der Waals surface area contributed by atoms with E-state index in [-0.39, 0.29) is 5.91 Å². The minimum absolute atomic E-state index is 0.122. The molecule has 18 heavy (non-hydrogen) atoms. The highest BCUT2D eigenvalue weighted by Crippen LogP contribution is 2.20. The largest absolute Gasteiger partial charge is 0.493 e. The number of rotatable bonds is 5. The van der Waals surface area contributed by atoms with Crippen molar-refractivity contribution < 1.29 is 14.3 Å². The number of hydrogen-bond donors (Lipinski definition) is 1. The molecule has 0 bridgehead atoms. The first-order valence-electron chi connectivity index (χ1n) is 6.37. The Balaban J connectivity index is 1.89. The number of benzene rings is 1. The molecule has 0 spiro atoms. The smallest absolute Gasteiger partial charge is 0.254 e. The van der Waals surface area contributed by atoms with E-state index in [1.54, 1.807) is 13.1 Å². The summed E-state index contributed by atoms with van der Waals surface area (Å²) in [7, 11) is 1.62. The molecule has 1 fully saturated rings. The molecule has 98 valence electrons. The van der Waals surface area contributed by atoms with Crippen LogP contribution >= 0.6 is 0 Å². The summed E-state index contributed by atoms with van der Waals surface area (Å²) in [6.07, 6.45) is 3.44. The van der Waals surface area contributed by atoms with Gasteiger partial charge in [-0.25, -0.2) is 0 Å². The molecular formula is C14H19NO3. The quantitative estimate of drug-likeness (QED) is 0.868. The zero-order chi connectivity index (χ0) is 12.8. The highest BCUT2D eigenvalue weighted by molar-refractivity contribution is 5.96. The van der Waals surface area contributed by atoms with Crippen LogP contribution in [0, 0.1) is 0 Å². The summed E-state index contributed by atoms with van der Waals surface area (Å²) in [6.45, 7) is 1.44. The topological polar surface area (TPSA) is 47.6 Å². The van der Waals surface area contributed by atoms with E-state index in [0.717, 1.165) is 25.9 Å². The summed E-state index contributed by atoms with van der Waals surface area (Å²) in [5.74, 6) is 0.512. The summed E-state index contributed by atoms with van der Waals surface area (Å²) in [6, 6.07) is 7.28. The average Bonchev–Trinajstić information content (AvgIpc) is 2.92. The molecule has 1 aliphatic heterocycles. The summed E-state index contributed by atoms with van der Waals surface area (Å²) >= 11 is 0. The lowest BCUT2D eigenvalue weighted by molar-refractivity contribution is 0.0893. The van der Waals surface area contributed by atoms with Crippen molar-refractivity contribution in [2.24, 2.45) is 0 Å². The second-order valence-electron chi connectivity index (χ2n) is 4.35. The van der Waals surface area contributed by atoms with E-state index in [1.165, 1.54) is 0 Å². The van der Waals surface area contributed by atoms with Gasteiger partial charge in [0.15, 0.2) is 0 Å². The molecule has 0 saturated carbocycles. The second-order valence-corrected chi connectivity index (χ2v) is 4.35. The third kappa shape index (κ3) is 3.23. The minimum atomic E-state index is -0.122. The molecule has 1 aromatic carbocycles. The predicted molar refractivity (Wildman–Crippen MR) is 68.9 cm³/mol. The van der Waals surface area contributed by atoms with Gasteiger partial charge in [-0.3, -0.25) is 4.79 Å². The molecule has 1 heterocycles. The predicted octanol–water partition coefficient (Wildman–Crippen LogP) is 1.99. The Morgan fingerprint density at radius 3 is 3.06 bits per heavy atom. The van der Waals surface area contributed by atoms with Crippen LogP contribution in [0.3, 0.4) is 0 Å². The van der Waals surface area contributed by atoms with Gasteiger partial charge in [0.1, 0.15) is 5.75 Å². The van der Waals surface area contributed by atoms with Crippen molar-refractivity contribution in [3.63, 3.8) is 0 Å². The van der Waals surface area contributed by atoms with Crippen LogP contribution in [-0.4, -0.2) is 32.3 Å². The van der Waals surface area contributed by atoms with Crippen molar-refractivity contribution in [3.8, 4) is 5.75 Å². The molecule has 2 rings (SSSR count). The van der Waals surface area contributed by atoms with Gasteiger partial charge in [0, 0.05) is 20.1 Å². The number of para-hydroxylation sites is 1. The van der Waals surface area contributed by atoms with Gasteiger partial charge >= 0.3 is 0 Å². The maximum Gasteiger partial charge on any atom is 0.254 e. The van der Waals surface area contributed by atoms with Crippen LogP contribution in [0.1, 0.15) is 29.6 Å². The monoisotopic (exact) mass is 249 g/mol.